The Hall–Kier alpha value is -2.17. The second-order valence-electron chi connectivity index (χ2n) is 2.81. The van der Waals surface area contributed by atoms with E-state index >= 15 is 0 Å². The van der Waals surface area contributed by atoms with E-state index in [0.717, 1.165) is 0 Å². The van der Waals surface area contributed by atoms with E-state index in [1.54, 1.807) is 12.1 Å². The zero-order valence-electron chi connectivity index (χ0n) is 8.41. The van der Waals surface area contributed by atoms with Crippen molar-refractivity contribution in [3.8, 4) is 0 Å². The first-order chi connectivity index (χ1) is 7.13. The minimum Gasteiger partial charge on any atom is -0.453 e. The molecule has 0 aliphatic carbocycles. The van der Waals surface area contributed by atoms with Gasteiger partial charge in [0, 0.05) is 0 Å². The quantitative estimate of drug-likeness (QED) is 0.656. The van der Waals surface area contributed by atoms with Crippen molar-refractivity contribution in [1.82, 2.24) is 5.32 Å². The average Bonchev–Trinajstić information content (AvgIpc) is 2.21. The summed E-state index contributed by atoms with van der Waals surface area (Å²) in [6, 6.07) is 7.16. The normalized spacial score (nSPS) is 9.13. The molecule has 5 nitrogen and oxygen atoms in total. The fourth-order valence-electron chi connectivity index (χ4n) is 0.979. The highest BCUT2D eigenvalue weighted by atomic mass is 16.5. The lowest BCUT2D eigenvalue weighted by Crippen LogP contribution is -2.26. The van der Waals surface area contributed by atoms with Crippen molar-refractivity contribution in [2.45, 2.75) is 0 Å². The number of methoxy groups -OCH3 is 1. The first-order valence-corrected chi connectivity index (χ1v) is 4.29. The highest BCUT2D eigenvalue weighted by molar-refractivity contribution is 5.72. The Morgan fingerprint density at radius 3 is 2.73 bits per heavy atom. The van der Waals surface area contributed by atoms with Gasteiger partial charge in [-0.2, -0.15) is 0 Å². The minimum absolute atomic E-state index is 0.305. The van der Waals surface area contributed by atoms with Crippen LogP contribution in [-0.4, -0.2) is 13.2 Å². The third-order valence-electron chi connectivity index (χ3n) is 1.68. The summed E-state index contributed by atoms with van der Waals surface area (Å²) in [7, 11) is 1.28. The third kappa shape index (κ3) is 3.22. The number of nitrogens with one attached hydrogen (secondary N) is 2. The molecule has 0 heterocycles. The number of carbonyl (C=O) groups is 1. The van der Waals surface area contributed by atoms with Crippen LogP contribution in [0.3, 0.4) is 0 Å². The summed E-state index contributed by atoms with van der Waals surface area (Å²) in [5.41, 5.74) is 6.94. The van der Waals surface area contributed by atoms with Crippen LogP contribution in [0.5, 0.6) is 0 Å². The second kappa shape index (κ2) is 4.90. The molecule has 15 heavy (non-hydrogen) atoms. The summed E-state index contributed by atoms with van der Waals surface area (Å²) in [6.45, 7) is 3.60. The van der Waals surface area contributed by atoms with Gasteiger partial charge in [-0.15, -0.1) is 0 Å². The molecular weight excluding hydrogens is 194 g/mol. The van der Waals surface area contributed by atoms with Crippen LogP contribution in [0.4, 0.5) is 16.2 Å². The molecule has 5 heteroatoms. The summed E-state index contributed by atoms with van der Waals surface area (Å²) in [5.74, 6) is 0.305. The topological polar surface area (TPSA) is 76.4 Å². The Balaban J connectivity index is 2.59. The summed E-state index contributed by atoms with van der Waals surface area (Å²) in [4.78, 5) is 10.8. The highest BCUT2D eigenvalue weighted by Gasteiger charge is 2.02. The van der Waals surface area contributed by atoms with Gasteiger partial charge < -0.3 is 15.8 Å². The molecule has 0 saturated carbocycles. The molecule has 80 valence electrons. The van der Waals surface area contributed by atoms with Crippen LogP contribution in [0, 0.1) is 0 Å². The van der Waals surface area contributed by atoms with Gasteiger partial charge in [-0.05, 0) is 12.1 Å². The van der Waals surface area contributed by atoms with E-state index in [1.807, 2.05) is 12.1 Å². The van der Waals surface area contributed by atoms with Crippen molar-refractivity contribution >= 4 is 17.5 Å². The van der Waals surface area contributed by atoms with Gasteiger partial charge in [-0.25, -0.2) is 4.79 Å². The van der Waals surface area contributed by atoms with Crippen molar-refractivity contribution in [2.24, 2.45) is 0 Å². The van der Waals surface area contributed by atoms with Crippen LogP contribution >= 0.6 is 0 Å². The van der Waals surface area contributed by atoms with E-state index in [1.165, 1.54) is 7.11 Å². The predicted molar refractivity (Wildman–Crippen MR) is 59.2 cm³/mol. The molecule has 0 saturated heterocycles. The molecule has 0 aliphatic heterocycles. The maximum absolute atomic E-state index is 10.8. The number of nitrogen functional groups attached to an aromatic ring is 1. The van der Waals surface area contributed by atoms with Crippen molar-refractivity contribution in [3.63, 3.8) is 0 Å². The number of rotatable bonds is 3. The van der Waals surface area contributed by atoms with Gasteiger partial charge in [0.25, 0.3) is 0 Å². The van der Waals surface area contributed by atoms with Crippen LogP contribution in [0.2, 0.25) is 0 Å². The lowest BCUT2D eigenvalue weighted by atomic mass is 10.3. The first kappa shape index (κ1) is 10.9. The van der Waals surface area contributed by atoms with Gasteiger partial charge in [0.05, 0.1) is 18.5 Å². The monoisotopic (exact) mass is 207 g/mol. The molecule has 1 aromatic carbocycles. The summed E-state index contributed by atoms with van der Waals surface area (Å²) in [6.07, 6.45) is -0.581. The van der Waals surface area contributed by atoms with E-state index in [2.05, 4.69) is 21.9 Å². The van der Waals surface area contributed by atoms with E-state index in [0.29, 0.717) is 17.2 Å². The van der Waals surface area contributed by atoms with Gasteiger partial charge in [0.15, 0.2) is 0 Å². The van der Waals surface area contributed by atoms with E-state index in [-0.39, 0.29) is 0 Å². The van der Waals surface area contributed by atoms with Crippen LogP contribution in [0.25, 0.3) is 0 Å². The minimum atomic E-state index is -0.581. The Morgan fingerprint density at radius 1 is 1.47 bits per heavy atom. The summed E-state index contributed by atoms with van der Waals surface area (Å²) >= 11 is 0. The number of para-hydroxylation sites is 2. The Labute approximate surface area is 87.9 Å². The molecule has 0 bridgehead atoms. The number of hydrogen-bond donors (Lipinski definition) is 3. The van der Waals surface area contributed by atoms with Gasteiger partial charge in [-0.1, -0.05) is 18.7 Å². The number of amides is 1. The molecule has 0 fully saturated rings. The van der Waals surface area contributed by atoms with E-state index in [4.69, 9.17) is 5.73 Å². The van der Waals surface area contributed by atoms with Crippen molar-refractivity contribution in [2.75, 3.05) is 18.2 Å². The van der Waals surface area contributed by atoms with Crippen LogP contribution in [0.1, 0.15) is 0 Å². The summed E-state index contributed by atoms with van der Waals surface area (Å²) in [5, 5.41) is 5.23. The zero-order valence-corrected chi connectivity index (χ0v) is 8.41. The molecule has 1 amide bonds. The number of anilines is 2. The number of alkyl carbamates (subject to hydrolysis) is 1. The number of benzene rings is 1. The number of nitrogens with two attached hydrogens (primary N) is 1. The number of ether oxygens (including phenoxy) is 1. The van der Waals surface area contributed by atoms with Crippen LogP contribution in [-0.2, 0) is 4.74 Å². The molecule has 4 N–H and O–H groups in total. The average molecular weight is 207 g/mol. The smallest absolute Gasteiger partial charge is 0.412 e. The highest BCUT2D eigenvalue weighted by Crippen LogP contribution is 2.17. The van der Waals surface area contributed by atoms with Crippen molar-refractivity contribution < 1.29 is 9.53 Å². The molecule has 0 spiro atoms. The molecule has 0 unspecified atom stereocenters. The molecule has 1 rings (SSSR count). The van der Waals surface area contributed by atoms with Crippen molar-refractivity contribution in [1.29, 1.82) is 0 Å². The van der Waals surface area contributed by atoms with Crippen LogP contribution in [0.15, 0.2) is 36.7 Å². The maximum Gasteiger partial charge on any atom is 0.412 e. The molecule has 0 aromatic heterocycles. The zero-order chi connectivity index (χ0) is 11.3. The largest absolute Gasteiger partial charge is 0.453 e. The lowest BCUT2D eigenvalue weighted by Gasteiger charge is -2.11. The van der Waals surface area contributed by atoms with E-state index < -0.39 is 6.09 Å². The second-order valence-corrected chi connectivity index (χ2v) is 2.81. The Bertz CT molecular complexity index is 377. The lowest BCUT2D eigenvalue weighted by molar-refractivity contribution is 0.174. The fourth-order valence-corrected chi connectivity index (χ4v) is 0.979. The molecule has 1 aromatic rings. The molecule has 0 atom stereocenters. The Kier molecular flexibility index (Phi) is 3.56. The number of carbonyl (C=O) groups excluding carboxylic acids is 1. The Morgan fingerprint density at radius 2 is 2.13 bits per heavy atom. The van der Waals surface area contributed by atoms with Gasteiger partial charge in [0.2, 0.25) is 0 Å². The first-order valence-electron chi connectivity index (χ1n) is 4.29. The fraction of sp³-hybridized carbons (Fsp3) is 0.100. The van der Waals surface area contributed by atoms with Gasteiger partial charge >= 0.3 is 6.09 Å². The van der Waals surface area contributed by atoms with Crippen LogP contribution < -0.4 is 16.4 Å². The molecular formula is C10H13N3O2. The standard InChI is InChI=1S/C10H13N3O2/c1-7(13-10(14)15-2)12-9-6-4-3-5-8(9)11/h3-6,12H,1,11H2,2H3,(H,13,14). The SMILES string of the molecule is C=C(NC(=O)OC)Nc1ccccc1N. The summed E-state index contributed by atoms with van der Waals surface area (Å²) < 4.78 is 4.41. The van der Waals surface area contributed by atoms with E-state index in [9.17, 15) is 4.79 Å². The van der Waals surface area contributed by atoms with Gasteiger partial charge in [-0.3, -0.25) is 5.32 Å². The number of hydrogen-bond acceptors (Lipinski definition) is 4. The van der Waals surface area contributed by atoms with Gasteiger partial charge in [0.1, 0.15) is 5.82 Å². The maximum atomic E-state index is 10.8. The molecule has 0 radical (unpaired) electrons. The predicted octanol–water partition coefficient (Wildman–Crippen LogP) is 1.51. The van der Waals surface area contributed by atoms with Crippen molar-refractivity contribution in [3.05, 3.63) is 36.7 Å². The third-order valence-corrected chi connectivity index (χ3v) is 1.68. The molecule has 0 aliphatic rings.